The molecule has 1 unspecified atom stereocenters. The summed E-state index contributed by atoms with van der Waals surface area (Å²) < 4.78 is 0. The van der Waals surface area contributed by atoms with E-state index in [4.69, 9.17) is 0 Å². The van der Waals surface area contributed by atoms with Crippen LogP contribution in [-0.2, 0) is 0 Å². The molecule has 0 aromatic carbocycles. The topological polar surface area (TPSA) is 53.1 Å². The highest BCUT2D eigenvalue weighted by atomic mass is 15.1. The minimum atomic E-state index is 0.398. The number of aromatic amines is 1. The summed E-state index contributed by atoms with van der Waals surface area (Å²) in [6.45, 7) is 0. The molecule has 1 aliphatic carbocycles. The van der Waals surface area contributed by atoms with Crippen molar-refractivity contribution in [2.75, 3.05) is 0 Å². The van der Waals surface area contributed by atoms with E-state index in [2.05, 4.69) is 32.9 Å². The predicted octanol–water partition coefficient (Wildman–Crippen LogP) is 3.24. The molecule has 0 saturated heterocycles. The average Bonchev–Trinajstić information content (AvgIpc) is 3.16. The second kappa shape index (κ2) is 4.93. The normalized spacial score (nSPS) is 26.4. The molecule has 1 aromatic heterocycles. The van der Waals surface area contributed by atoms with Crippen LogP contribution < -0.4 is 5.32 Å². The summed E-state index contributed by atoms with van der Waals surface area (Å²) in [5.41, 5.74) is 4.05. The highest BCUT2D eigenvalue weighted by molar-refractivity contribution is 6.01. The summed E-state index contributed by atoms with van der Waals surface area (Å²) >= 11 is 0. The van der Waals surface area contributed by atoms with Gasteiger partial charge in [0.25, 0.3) is 0 Å². The molecule has 2 N–H and O–H groups in total. The lowest BCUT2D eigenvalue weighted by atomic mass is 9.78. The Kier molecular flexibility index (Phi) is 2.94. The van der Waals surface area contributed by atoms with Crippen LogP contribution in [0.2, 0.25) is 0 Å². The molecule has 0 radical (unpaired) electrons. The average molecular weight is 268 g/mol. The third-order valence-corrected chi connectivity index (χ3v) is 4.85. The summed E-state index contributed by atoms with van der Waals surface area (Å²) in [5.74, 6) is 2.26. The molecule has 0 bridgehead atoms. The molecule has 2 aliphatic heterocycles. The van der Waals surface area contributed by atoms with E-state index in [9.17, 15) is 0 Å². The number of hydrogen-bond acceptors (Lipinski definition) is 3. The first-order chi connectivity index (χ1) is 9.92. The third kappa shape index (κ3) is 1.99. The number of aromatic nitrogens is 2. The zero-order valence-electron chi connectivity index (χ0n) is 11.6. The lowest BCUT2D eigenvalue weighted by molar-refractivity contribution is 0.391. The molecule has 1 fully saturated rings. The minimum Gasteiger partial charge on any atom is -0.349 e. The van der Waals surface area contributed by atoms with E-state index >= 15 is 0 Å². The fraction of sp³-hybridized carbons (Fsp3) is 0.500. The number of amidine groups is 1. The van der Waals surface area contributed by atoms with E-state index < -0.39 is 0 Å². The number of nitrogens with one attached hydrogen (secondary N) is 2. The van der Waals surface area contributed by atoms with Crippen molar-refractivity contribution < 1.29 is 0 Å². The Hall–Kier alpha value is -1.84. The van der Waals surface area contributed by atoms with Crippen molar-refractivity contribution in [2.45, 2.75) is 38.5 Å². The maximum Gasteiger partial charge on any atom is 0.113 e. The third-order valence-electron chi connectivity index (χ3n) is 4.85. The largest absolute Gasteiger partial charge is 0.349 e. The van der Waals surface area contributed by atoms with Crippen LogP contribution in [0.15, 0.2) is 35.4 Å². The van der Waals surface area contributed by atoms with E-state index in [1.54, 1.807) is 5.57 Å². The standard InChI is InChI=1S/C16H20N4/c1-2-4-11(5-3-1)12-6-14-15(13-8-19-20-9-13)10-18-16(14)17-7-12/h7-11,14H,1-6H2,(H,17,18)(H,19,20). The maximum absolute atomic E-state index is 4.67. The number of allylic oxidation sites excluding steroid dienone is 1. The Bertz CT molecular complexity index is 574. The summed E-state index contributed by atoms with van der Waals surface area (Å²) in [4.78, 5) is 4.67. The van der Waals surface area contributed by atoms with E-state index in [1.165, 1.54) is 43.2 Å². The summed E-state index contributed by atoms with van der Waals surface area (Å²) in [7, 11) is 0. The molecule has 3 heterocycles. The van der Waals surface area contributed by atoms with Crippen molar-refractivity contribution in [1.29, 1.82) is 0 Å². The van der Waals surface area contributed by atoms with Crippen LogP contribution in [0.5, 0.6) is 0 Å². The van der Waals surface area contributed by atoms with Gasteiger partial charge in [-0.05, 0) is 36.3 Å². The molecule has 0 spiro atoms. The Morgan fingerprint density at radius 2 is 2.05 bits per heavy atom. The number of fused-ring (bicyclic) bond motifs is 1. The lowest BCUT2D eigenvalue weighted by Crippen LogP contribution is -2.25. The monoisotopic (exact) mass is 268 g/mol. The van der Waals surface area contributed by atoms with Crippen LogP contribution in [0.25, 0.3) is 5.57 Å². The van der Waals surface area contributed by atoms with Crippen molar-refractivity contribution in [3.8, 4) is 0 Å². The van der Waals surface area contributed by atoms with Crippen LogP contribution in [0.4, 0.5) is 0 Å². The van der Waals surface area contributed by atoms with Gasteiger partial charge in [0.1, 0.15) is 5.84 Å². The van der Waals surface area contributed by atoms with E-state index in [-0.39, 0.29) is 0 Å². The molecule has 20 heavy (non-hydrogen) atoms. The zero-order chi connectivity index (χ0) is 13.4. The number of hydrogen-bond donors (Lipinski definition) is 2. The van der Waals surface area contributed by atoms with Gasteiger partial charge in [-0.25, -0.2) is 4.99 Å². The van der Waals surface area contributed by atoms with Gasteiger partial charge >= 0.3 is 0 Å². The van der Waals surface area contributed by atoms with Crippen molar-refractivity contribution in [3.05, 3.63) is 35.9 Å². The van der Waals surface area contributed by atoms with Gasteiger partial charge in [-0.2, -0.15) is 5.10 Å². The number of aliphatic imine (C=N–C) groups is 1. The molecule has 4 rings (SSSR count). The van der Waals surface area contributed by atoms with Crippen molar-refractivity contribution in [2.24, 2.45) is 16.8 Å². The molecular weight excluding hydrogens is 248 g/mol. The fourth-order valence-electron chi connectivity index (χ4n) is 3.71. The van der Waals surface area contributed by atoms with Gasteiger partial charge in [0, 0.05) is 30.1 Å². The second-order valence-corrected chi connectivity index (χ2v) is 6.04. The molecule has 1 atom stereocenters. The smallest absolute Gasteiger partial charge is 0.113 e. The maximum atomic E-state index is 4.67. The van der Waals surface area contributed by atoms with Gasteiger partial charge in [0.2, 0.25) is 0 Å². The molecule has 3 aliphatic rings. The van der Waals surface area contributed by atoms with Gasteiger partial charge in [0.15, 0.2) is 0 Å². The van der Waals surface area contributed by atoms with Gasteiger partial charge < -0.3 is 5.32 Å². The summed E-state index contributed by atoms with van der Waals surface area (Å²) in [5, 5.41) is 10.3. The molecule has 104 valence electrons. The van der Waals surface area contributed by atoms with Gasteiger partial charge in [-0.15, -0.1) is 0 Å². The van der Waals surface area contributed by atoms with E-state index in [1.807, 2.05) is 12.4 Å². The molecule has 4 heteroatoms. The molecular formula is C16H20N4. The Morgan fingerprint density at radius 3 is 2.85 bits per heavy atom. The molecule has 1 saturated carbocycles. The van der Waals surface area contributed by atoms with Crippen LogP contribution in [0, 0.1) is 11.8 Å². The first-order valence-corrected chi connectivity index (χ1v) is 7.64. The Morgan fingerprint density at radius 1 is 1.15 bits per heavy atom. The SMILES string of the molecule is C1=C(C2CCCCC2)CC2C(c3cn[nH]c3)=CNC2=N1. The van der Waals surface area contributed by atoms with Gasteiger partial charge in [0.05, 0.1) is 6.20 Å². The first-order valence-electron chi connectivity index (χ1n) is 7.64. The van der Waals surface area contributed by atoms with E-state index in [0.29, 0.717) is 5.92 Å². The number of rotatable bonds is 2. The molecule has 1 aromatic rings. The highest BCUT2D eigenvalue weighted by Gasteiger charge is 2.32. The van der Waals surface area contributed by atoms with Gasteiger partial charge in [-0.3, -0.25) is 5.10 Å². The van der Waals surface area contributed by atoms with Crippen LogP contribution in [0.1, 0.15) is 44.1 Å². The van der Waals surface area contributed by atoms with Crippen molar-refractivity contribution in [3.63, 3.8) is 0 Å². The predicted molar refractivity (Wildman–Crippen MR) is 79.9 cm³/mol. The fourth-order valence-corrected chi connectivity index (χ4v) is 3.71. The minimum absolute atomic E-state index is 0.398. The van der Waals surface area contributed by atoms with Crippen LogP contribution >= 0.6 is 0 Å². The molecule has 4 nitrogen and oxygen atoms in total. The van der Waals surface area contributed by atoms with Gasteiger partial charge in [-0.1, -0.05) is 19.3 Å². The number of H-pyrrole nitrogens is 1. The summed E-state index contributed by atoms with van der Waals surface area (Å²) in [6, 6.07) is 0. The van der Waals surface area contributed by atoms with Crippen LogP contribution in [0.3, 0.4) is 0 Å². The molecule has 0 amide bonds. The van der Waals surface area contributed by atoms with Crippen LogP contribution in [-0.4, -0.2) is 16.0 Å². The Balaban J connectivity index is 1.56. The van der Waals surface area contributed by atoms with E-state index in [0.717, 1.165) is 18.2 Å². The lowest BCUT2D eigenvalue weighted by Gasteiger charge is -2.28. The Labute approximate surface area is 119 Å². The quantitative estimate of drug-likeness (QED) is 0.865. The zero-order valence-corrected chi connectivity index (χ0v) is 11.6. The van der Waals surface area contributed by atoms with Crippen molar-refractivity contribution >= 4 is 11.4 Å². The summed E-state index contributed by atoms with van der Waals surface area (Å²) in [6.07, 6.45) is 16.1. The first kappa shape index (κ1) is 11.9. The highest BCUT2D eigenvalue weighted by Crippen LogP contribution is 2.40. The van der Waals surface area contributed by atoms with Crippen molar-refractivity contribution in [1.82, 2.24) is 15.5 Å². The number of nitrogens with zero attached hydrogens (tertiary/aromatic N) is 2. The second-order valence-electron chi connectivity index (χ2n) is 6.04.